The molecule has 0 aliphatic heterocycles. The molecule has 0 aliphatic carbocycles. The van der Waals surface area contributed by atoms with Crippen molar-refractivity contribution in [3.8, 4) is 0 Å². The number of furan rings is 1. The van der Waals surface area contributed by atoms with Crippen molar-refractivity contribution in [2.45, 2.75) is 6.42 Å². The zero-order chi connectivity index (χ0) is 11.4. The summed E-state index contributed by atoms with van der Waals surface area (Å²) in [5.74, 6) is 0.825. The third kappa shape index (κ3) is 2.34. The molecule has 0 saturated carbocycles. The second kappa shape index (κ2) is 4.70. The van der Waals surface area contributed by atoms with E-state index in [9.17, 15) is 4.79 Å². The summed E-state index contributed by atoms with van der Waals surface area (Å²) < 4.78 is 6.97. The Hall–Kier alpha value is -1.97. The summed E-state index contributed by atoms with van der Waals surface area (Å²) >= 11 is 0. The lowest BCUT2D eigenvalue weighted by atomic mass is 10.3. The van der Waals surface area contributed by atoms with Crippen molar-refractivity contribution >= 4 is 5.91 Å². The van der Waals surface area contributed by atoms with Crippen LogP contribution >= 0.6 is 0 Å². The predicted octanol–water partition coefficient (Wildman–Crippen LogP) is 1.59. The number of hydrogen-bond acceptors (Lipinski definition) is 2. The third-order valence-electron chi connectivity index (χ3n) is 2.41. The van der Waals surface area contributed by atoms with Crippen molar-refractivity contribution < 1.29 is 9.21 Å². The lowest BCUT2D eigenvalue weighted by Gasteiger charge is -2.04. The van der Waals surface area contributed by atoms with E-state index in [2.05, 4.69) is 5.32 Å². The highest BCUT2D eigenvalue weighted by Crippen LogP contribution is 2.01. The van der Waals surface area contributed by atoms with E-state index in [4.69, 9.17) is 4.42 Å². The molecule has 0 aliphatic rings. The highest BCUT2D eigenvalue weighted by molar-refractivity contribution is 5.92. The van der Waals surface area contributed by atoms with Gasteiger partial charge in [0.1, 0.15) is 11.5 Å². The number of nitrogens with zero attached hydrogens (tertiary/aromatic N) is 1. The van der Waals surface area contributed by atoms with Gasteiger partial charge in [0.05, 0.1) is 6.26 Å². The maximum absolute atomic E-state index is 11.7. The Morgan fingerprint density at radius 1 is 1.44 bits per heavy atom. The summed E-state index contributed by atoms with van der Waals surface area (Å²) in [7, 11) is 1.85. The van der Waals surface area contributed by atoms with Gasteiger partial charge >= 0.3 is 0 Å². The van der Waals surface area contributed by atoms with Crippen LogP contribution in [0.4, 0.5) is 0 Å². The van der Waals surface area contributed by atoms with Crippen molar-refractivity contribution in [2.24, 2.45) is 7.05 Å². The normalized spacial score (nSPS) is 10.3. The van der Waals surface area contributed by atoms with Crippen LogP contribution in [0.15, 0.2) is 41.1 Å². The SMILES string of the molecule is Cn1cccc1C(=O)NCCc1ccco1. The summed E-state index contributed by atoms with van der Waals surface area (Å²) in [5.41, 5.74) is 0.666. The van der Waals surface area contributed by atoms with Gasteiger partial charge in [0.15, 0.2) is 0 Å². The molecule has 16 heavy (non-hydrogen) atoms. The third-order valence-corrected chi connectivity index (χ3v) is 2.41. The van der Waals surface area contributed by atoms with Gasteiger partial charge in [-0.1, -0.05) is 0 Å². The molecular formula is C12H14N2O2. The van der Waals surface area contributed by atoms with Crippen LogP contribution in [0.25, 0.3) is 0 Å². The first-order valence-electron chi connectivity index (χ1n) is 5.19. The Kier molecular flexibility index (Phi) is 3.10. The Bertz CT molecular complexity index is 457. The van der Waals surface area contributed by atoms with Gasteiger partial charge in [-0.3, -0.25) is 4.79 Å². The van der Waals surface area contributed by atoms with Crippen LogP contribution in [0.3, 0.4) is 0 Å². The van der Waals surface area contributed by atoms with E-state index in [0.717, 1.165) is 5.76 Å². The molecule has 0 bridgehead atoms. The van der Waals surface area contributed by atoms with E-state index in [0.29, 0.717) is 18.7 Å². The van der Waals surface area contributed by atoms with Crippen molar-refractivity contribution in [2.75, 3.05) is 6.54 Å². The fourth-order valence-electron chi connectivity index (χ4n) is 1.54. The molecule has 0 unspecified atom stereocenters. The molecule has 2 rings (SSSR count). The van der Waals surface area contributed by atoms with Crippen LogP contribution in [0.5, 0.6) is 0 Å². The molecule has 4 heteroatoms. The van der Waals surface area contributed by atoms with Crippen molar-refractivity contribution in [3.05, 3.63) is 48.2 Å². The smallest absolute Gasteiger partial charge is 0.267 e. The van der Waals surface area contributed by atoms with Crippen molar-refractivity contribution in [1.29, 1.82) is 0 Å². The number of rotatable bonds is 4. The minimum atomic E-state index is -0.0564. The first kappa shape index (κ1) is 10.5. The number of nitrogens with one attached hydrogen (secondary N) is 1. The van der Waals surface area contributed by atoms with Crippen LogP contribution in [0.1, 0.15) is 16.2 Å². The van der Waals surface area contributed by atoms with E-state index < -0.39 is 0 Å². The molecule has 0 saturated heterocycles. The first-order valence-corrected chi connectivity index (χ1v) is 5.19. The van der Waals surface area contributed by atoms with E-state index in [1.807, 2.05) is 31.4 Å². The number of carbonyl (C=O) groups excluding carboxylic acids is 1. The van der Waals surface area contributed by atoms with Gasteiger partial charge in [0.2, 0.25) is 0 Å². The van der Waals surface area contributed by atoms with E-state index in [-0.39, 0.29) is 5.91 Å². The lowest BCUT2D eigenvalue weighted by Crippen LogP contribution is -2.27. The molecule has 1 N–H and O–H groups in total. The molecule has 0 spiro atoms. The van der Waals surface area contributed by atoms with Gasteiger partial charge < -0.3 is 14.3 Å². The van der Waals surface area contributed by atoms with Gasteiger partial charge in [0.25, 0.3) is 5.91 Å². The summed E-state index contributed by atoms with van der Waals surface area (Å²) in [4.78, 5) is 11.7. The molecule has 2 heterocycles. The topological polar surface area (TPSA) is 47.2 Å². The van der Waals surface area contributed by atoms with E-state index in [1.54, 1.807) is 16.9 Å². The Morgan fingerprint density at radius 2 is 2.31 bits per heavy atom. The Morgan fingerprint density at radius 3 is 2.94 bits per heavy atom. The predicted molar refractivity (Wildman–Crippen MR) is 60.2 cm³/mol. The van der Waals surface area contributed by atoms with Crippen LogP contribution < -0.4 is 5.32 Å². The van der Waals surface area contributed by atoms with E-state index in [1.165, 1.54) is 0 Å². The molecule has 0 aromatic carbocycles. The largest absolute Gasteiger partial charge is 0.469 e. The van der Waals surface area contributed by atoms with Gasteiger partial charge in [-0.25, -0.2) is 0 Å². The molecule has 0 fully saturated rings. The average molecular weight is 218 g/mol. The second-order valence-electron chi connectivity index (χ2n) is 3.59. The van der Waals surface area contributed by atoms with Gasteiger partial charge in [0, 0.05) is 26.2 Å². The van der Waals surface area contributed by atoms with Crippen molar-refractivity contribution in [3.63, 3.8) is 0 Å². The number of aromatic nitrogens is 1. The Balaban J connectivity index is 1.83. The highest BCUT2D eigenvalue weighted by atomic mass is 16.3. The maximum atomic E-state index is 11.7. The number of amides is 1. The zero-order valence-corrected chi connectivity index (χ0v) is 9.14. The molecule has 1 amide bonds. The molecule has 2 aromatic rings. The van der Waals surface area contributed by atoms with Gasteiger partial charge in [-0.05, 0) is 24.3 Å². The van der Waals surface area contributed by atoms with Crippen LogP contribution in [0, 0.1) is 0 Å². The van der Waals surface area contributed by atoms with Crippen LogP contribution in [-0.4, -0.2) is 17.0 Å². The maximum Gasteiger partial charge on any atom is 0.267 e. The average Bonchev–Trinajstić information content (AvgIpc) is 2.88. The zero-order valence-electron chi connectivity index (χ0n) is 9.14. The Labute approximate surface area is 93.9 Å². The fourth-order valence-corrected chi connectivity index (χ4v) is 1.54. The number of hydrogen-bond donors (Lipinski definition) is 1. The van der Waals surface area contributed by atoms with Crippen LogP contribution in [-0.2, 0) is 13.5 Å². The number of carbonyl (C=O) groups is 1. The monoisotopic (exact) mass is 218 g/mol. The van der Waals surface area contributed by atoms with Crippen molar-refractivity contribution in [1.82, 2.24) is 9.88 Å². The summed E-state index contributed by atoms with van der Waals surface area (Å²) in [6.45, 7) is 0.581. The lowest BCUT2D eigenvalue weighted by molar-refractivity contribution is 0.0945. The fraction of sp³-hybridized carbons (Fsp3) is 0.250. The molecule has 2 aromatic heterocycles. The molecule has 0 atom stereocenters. The molecule has 0 radical (unpaired) electrons. The first-order chi connectivity index (χ1) is 7.77. The van der Waals surface area contributed by atoms with Gasteiger partial charge in [-0.2, -0.15) is 0 Å². The van der Waals surface area contributed by atoms with E-state index >= 15 is 0 Å². The minimum Gasteiger partial charge on any atom is -0.469 e. The minimum absolute atomic E-state index is 0.0564. The highest BCUT2D eigenvalue weighted by Gasteiger charge is 2.07. The molecule has 4 nitrogen and oxygen atoms in total. The number of aryl methyl sites for hydroxylation is 1. The molecular weight excluding hydrogens is 204 g/mol. The second-order valence-corrected chi connectivity index (χ2v) is 3.59. The quantitative estimate of drug-likeness (QED) is 0.847. The summed E-state index contributed by atoms with van der Waals surface area (Å²) in [5, 5.41) is 2.84. The van der Waals surface area contributed by atoms with Gasteiger partial charge in [-0.15, -0.1) is 0 Å². The molecule has 84 valence electrons. The summed E-state index contributed by atoms with van der Waals surface area (Å²) in [6.07, 6.45) is 4.19. The van der Waals surface area contributed by atoms with Crippen LogP contribution in [0.2, 0.25) is 0 Å². The summed E-state index contributed by atoms with van der Waals surface area (Å²) in [6, 6.07) is 7.38. The standard InChI is InChI=1S/C12H14N2O2/c1-14-8-2-5-11(14)12(15)13-7-6-10-4-3-9-16-10/h2-5,8-9H,6-7H2,1H3,(H,13,15).